The summed E-state index contributed by atoms with van der Waals surface area (Å²) in [4.78, 5) is 8.37. The first kappa shape index (κ1) is 11.1. The Balaban J connectivity index is 2.69. The number of nitrogens with two attached hydrogens (primary N) is 1. The molecule has 3 nitrogen and oxygen atoms in total. The van der Waals surface area contributed by atoms with Crippen LogP contribution in [0.15, 0.2) is 12.5 Å². The van der Waals surface area contributed by atoms with Crippen LogP contribution in [0, 0.1) is 5.92 Å². The van der Waals surface area contributed by atoms with Gasteiger partial charge >= 0.3 is 0 Å². The molecule has 0 radical (unpaired) electrons. The maximum Gasteiger partial charge on any atom is 0.115 e. The molecule has 0 fully saturated rings. The highest BCUT2D eigenvalue weighted by Gasteiger charge is 2.05. The van der Waals surface area contributed by atoms with Gasteiger partial charge in [0.2, 0.25) is 0 Å². The number of hydrogen-bond acceptors (Lipinski definition) is 3. The summed E-state index contributed by atoms with van der Waals surface area (Å²) in [6.45, 7) is 5.14. The predicted octanol–water partition coefficient (Wildman–Crippen LogP) is 1.57. The lowest BCUT2D eigenvalue weighted by molar-refractivity contribution is 0.625. The predicted molar refractivity (Wildman–Crippen MR) is 57.9 cm³/mol. The molecular weight excluding hydrogens is 174 g/mol. The molecule has 1 aromatic rings. The van der Waals surface area contributed by atoms with Crippen molar-refractivity contribution >= 4 is 0 Å². The van der Waals surface area contributed by atoms with Crippen LogP contribution in [0.25, 0.3) is 0 Å². The summed E-state index contributed by atoms with van der Waals surface area (Å²) in [5, 5.41) is 0. The third kappa shape index (κ3) is 3.42. The summed E-state index contributed by atoms with van der Waals surface area (Å²) >= 11 is 0. The summed E-state index contributed by atoms with van der Waals surface area (Å²) in [7, 11) is 0. The standard InChI is InChI=1S/C11H19N3/c1-9(2)6-11-10(4-3-5-12)7-13-8-14-11/h7-9H,3-6,12H2,1-2H3. The van der Waals surface area contributed by atoms with Gasteiger partial charge in [-0.15, -0.1) is 0 Å². The van der Waals surface area contributed by atoms with Crippen molar-refractivity contribution in [3.8, 4) is 0 Å². The topological polar surface area (TPSA) is 51.8 Å². The molecular formula is C11H19N3. The Bertz CT molecular complexity index is 271. The van der Waals surface area contributed by atoms with E-state index in [2.05, 4.69) is 23.8 Å². The van der Waals surface area contributed by atoms with E-state index in [9.17, 15) is 0 Å². The lowest BCUT2D eigenvalue weighted by Crippen LogP contribution is -2.06. The highest BCUT2D eigenvalue weighted by molar-refractivity contribution is 5.16. The molecule has 78 valence electrons. The van der Waals surface area contributed by atoms with Crippen LogP contribution in [-0.4, -0.2) is 16.5 Å². The summed E-state index contributed by atoms with van der Waals surface area (Å²) in [5.41, 5.74) is 7.93. The Morgan fingerprint density at radius 3 is 2.86 bits per heavy atom. The van der Waals surface area contributed by atoms with Gasteiger partial charge in [0.1, 0.15) is 6.33 Å². The van der Waals surface area contributed by atoms with Crippen LogP contribution in [0.4, 0.5) is 0 Å². The minimum Gasteiger partial charge on any atom is -0.330 e. The molecule has 0 amide bonds. The molecule has 0 aromatic carbocycles. The number of aryl methyl sites for hydroxylation is 1. The van der Waals surface area contributed by atoms with Crippen LogP contribution < -0.4 is 5.73 Å². The average Bonchev–Trinajstić information content (AvgIpc) is 2.16. The highest BCUT2D eigenvalue weighted by Crippen LogP contribution is 2.11. The number of nitrogens with zero attached hydrogens (tertiary/aromatic N) is 2. The first-order chi connectivity index (χ1) is 6.74. The molecule has 2 N–H and O–H groups in total. The first-order valence-corrected chi connectivity index (χ1v) is 5.22. The quantitative estimate of drug-likeness (QED) is 0.772. The van der Waals surface area contributed by atoms with Crippen LogP contribution in [-0.2, 0) is 12.8 Å². The van der Waals surface area contributed by atoms with E-state index in [0.717, 1.165) is 25.8 Å². The van der Waals surface area contributed by atoms with E-state index < -0.39 is 0 Å². The molecule has 3 heteroatoms. The molecule has 0 aliphatic rings. The second-order valence-electron chi connectivity index (χ2n) is 3.98. The second-order valence-corrected chi connectivity index (χ2v) is 3.98. The van der Waals surface area contributed by atoms with Gasteiger partial charge in [-0.2, -0.15) is 0 Å². The summed E-state index contributed by atoms with van der Waals surface area (Å²) < 4.78 is 0. The van der Waals surface area contributed by atoms with Crippen molar-refractivity contribution in [3.05, 3.63) is 23.8 Å². The SMILES string of the molecule is CC(C)Cc1ncncc1CCCN. The van der Waals surface area contributed by atoms with Crippen LogP contribution in [0.5, 0.6) is 0 Å². The molecule has 1 aromatic heterocycles. The van der Waals surface area contributed by atoms with E-state index in [-0.39, 0.29) is 0 Å². The van der Waals surface area contributed by atoms with E-state index in [1.54, 1.807) is 6.33 Å². The van der Waals surface area contributed by atoms with Gasteiger partial charge < -0.3 is 5.73 Å². The molecule has 14 heavy (non-hydrogen) atoms. The van der Waals surface area contributed by atoms with Crippen molar-refractivity contribution in [1.82, 2.24) is 9.97 Å². The largest absolute Gasteiger partial charge is 0.330 e. The van der Waals surface area contributed by atoms with Gasteiger partial charge in [-0.3, -0.25) is 0 Å². The lowest BCUT2D eigenvalue weighted by Gasteiger charge is -2.08. The van der Waals surface area contributed by atoms with E-state index in [1.165, 1.54) is 11.3 Å². The van der Waals surface area contributed by atoms with Crippen molar-refractivity contribution in [1.29, 1.82) is 0 Å². The minimum atomic E-state index is 0.640. The molecule has 1 rings (SSSR count). The second kappa shape index (κ2) is 5.70. The zero-order valence-corrected chi connectivity index (χ0v) is 9.03. The fraction of sp³-hybridized carbons (Fsp3) is 0.636. The Hall–Kier alpha value is -0.960. The normalized spacial score (nSPS) is 10.9. The molecule has 0 saturated heterocycles. The smallest absolute Gasteiger partial charge is 0.115 e. The minimum absolute atomic E-state index is 0.640. The third-order valence-corrected chi connectivity index (χ3v) is 2.13. The highest BCUT2D eigenvalue weighted by atomic mass is 14.8. The number of rotatable bonds is 5. The van der Waals surface area contributed by atoms with E-state index in [1.807, 2.05) is 6.20 Å². The maximum atomic E-state index is 5.49. The van der Waals surface area contributed by atoms with Crippen molar-refractivity contribution in [2.45, 2.75) is 33.1 Å². The van der Waals surface area contributed by atoms with E-state index >= 15 is 0 Å². The number of aromatic nitrogens is 2. The van der Waals surface area contributed by atoms with Crippen molar-refractivity contribution < 1.29 is 0 Å². The lowest BCUT2D eigenvalue weighted by atomic mass is 10.0. The van der Waals surface area contributed by atoms with Gasteiger partial charge in [-0.05, 0) is 37.3 Å². The molecule has 0 saturated carbocycles. The van der Waals surface area contributed by atoms with Crippen LogP contribution in [0.3, 0.4) is 0 Å². The summed E-state index contributed by atoms with van der Waals surface area (Å²) in [6, 6.07) is 0. The van der Waals surface area contributed by atoms with Gasteiger partial charge in [-0.1, -0.05) is 13.8 Å². The Morgan fingerprint density at radius 1 is 1.43 bits per heavy atom. The molecule has 0 unspecified atom stereocenters. The number of hydrogen-bond donors (Lipinski definition) is 1. The molecule has 0 aliphatic heterocycles. The Labute approximate surface area is 85.8 Å². The Kier molecular flexibility index (Phi) is 4.53. The molecule has 1 heterocycles. The van der Waals surface area contributed by atoms with Crippen molar-refractivity contribution in [2.75, 3.05) is 6.54 Å². The summed E-state index contributed by atoms with van der Waals surface area (Å²) in [5.74, 6) is 0.640. The zero-order chi connectivity index (χ0) is 10.4. The molecule has 0 aliphatic carbocycles. The van der Waals surface area contributed by atoms with Crippen LogP contribution in [0.2, 0.25) is 0 Å². The van der Waals surface area contributed by atoms with E-state index in [4.69, 9.17) is 5.73 Å². The maximum absolute atomic E-state index is 5.49. The van der Waals surface area contributed by atoms with Crippen LogP contribution >= 0.6 is 0 Å². The zero-order valence-electron chi connectivity index (χ0n) is 9.03. The van der Waals surface area contributed by atoms with Crippen molar-refractivity contribution in [2.24, 2.45) is 11.7 Å². The third-order valence-electron chi connectivity index (χ3n) is 2.13. The molecule has 0 bridgehead atoms. The fourth-order valence-corrected chi connectivity index (χ4v) is 1.46. The Morgan fingerprint density at radius 2 is 2.21 bits per heavy atom. The van der Waals surface area contributed by atoms with Gasteiger partial charge in [0.05, 0.1) is 0 Å². The monoisotopic (exact) mass is 193 g/mol. The van der Waals surface area contributed by atoms with Crippen LogP contribution in [0.1, 0.15) is 31.5 Å². The van der Waals surface area contributed by atoms with Gasteiger partial charge in [-0.25, -0.2) is 9.97 Å². The molecule has 0 spiro atoms. The van der Waals surface area contributed by atoms with Crippen molar-refractivity contribution in [3.63, 3.8) is 0 Å². The molecule has 0 atom stereocenters. The fourth-order valence-electron chi connectivity index (χ4n) is 1.46. The van der Waals surface area contributed by atoms with Gasteiger partial charge in [0, 0.05) is 11.9 Å². The summed E-state index contributed by atoms with van der Waals surface area (Å²) in [6.07, 6.45) is 6.59. The van der Waals surface area contributed by atoms with Gasteiger partial charge in [0.15, 0.2) is 0 Å². The first-order valence-electron chi connectivity index (χ1n) is 5.22. The average molecular weight is 193 g/mol. The van der Waals surface area contributed by atoms with Gasteiger partial charge in [0.25, 0.3) is 0 Å². The van der Waals surface area contributed by atoms with E-state index in [0.29, 0.717) is 5.92 Å².